The molecule has 0 radical (unpaired) electrons. The number of hydrogen-bond donors (Lipinski definition) is 0. The number of hydrogen-bond acceptors (Lipinski definition) is 7. The Morgan fingerprint density at radius 2 is 2.00 bits per heavy atom. The van der Waals surface area contributed by atoms with Crippen LogP contribution < -0.4 is 9.64 Å². The van der Waals surface area contributed by atoms with Gasteiger partial charge in [-0.25, -0.2) is 4.79 Å². The van der Waals surface area contributed by atoms with Crippen LogP contribution in [-0.4, -0.2) is 41.0 Å². The molecule has 32 heavy (non-hydrogen) atoms. The van der Waals surface area contributed by atoms with Gasteiger partial charge in [-0.15, -0.1) is 10.2 Å². The molecule has 2 atom stereocenters. The van der Waals surface area contributed by atoms with E-state index in [0.717, 1.165) is 12.1 Å². The van der Waals surface area contributed by atoms with Crippen molar-refractivity contribution in [1.29, 1.82) is 5.26 Å². The van der Waals surface area contributed by atoms with Gasteiger partial charge in [-0.3, -0.25) is 0 Å². The van der Waals surface area contributed by atoms with Crippen LogP contribution in [0, 0.1) is 11.3 Å². The summed E-state index contributed by atoms with van der Waals surface area (Å²) in [6, 6.07) is 8.06. The van der Waals surface area contributed by atoms with Gasteiger partial charge in [-0.05, 0) is 51.1 Å². The summed E-state index contributed by atoms with van der Waals surface area (Å²) in [4.78, 5) is 14.5. The summed E-state index contributed by atoms with van der Waals surface area (Å²) in [5, 5.41) is 16.8. The Bertz CT molecular complexity index is 1000. The van der Waals surface area contributed by atoms with Crippen molar-refractivity contribution in [1.82, 2.24) is 10.2 Å². The van der Waals surface area contributed by atoms with E-state index in [0.29, 0.717) is 25.2 Å². The van der Waals surface area contributed by atoms with Gasteiger partial charge in [0.15, 0.2) is 11.5 Å². The molecule has 1 unspecified atom stereocenters. The first kappa shape index (κ1) is 23.3. The molecule has 1 aromatic carbocycles. The van der Waals surface area contributed by atoms with Gasteiger partial charge in [0.05, 0.1) is 11.7 Å². The van der Waals surface area contributed by atoms with Crippen molar-refractivity contribution in [2.75, 3.05) is 11.4 Å². The summed E-state index contributed by atoms with van der Waals surface area (Å²) >= 11 is 0. The maximum absolute atomic E-state index is 13.2. The van der Waals surface area contributed by atoms with Gasteiger partial charge in [0.25, 0.3) is 0 Å². The highest BCUT2D eigenvalue weighted by atomic mass is 19.4. The molecule has 0 amide bonds. The maximum Gasteiger partial charge on any atom is 0.416 e. The standard InChI is InChI=1S/C22H23F3N4O3/c1-13(2)31-21(30)18-11-15(22(23,24)25)4-6-19(18)32-17-8-9-29(14(3)10-17)20-7-5-16(12-26)27-28-20/h4-7,11,13-14,17H,8-10H2,1-3H3/t14?,17-/m0/s1. The minimum atomic E-state index is -4.59. The second-order valence-electron chi connectivity index (χ2n) is 7.86. The molecular formula is C22H23F3N4O3. The van der Waals surface area contributed by atoms with Gasteiger partial charge in [0.1, 0.15) is 23.5 Å². The Morgan fingerprint density at radius 1 is 1.25 bits per heavy atom. The van der Waals surface area contributed by atoms with Crippen LogP contribution >= 0.6 is 0 Å². The SMILES string of the molecule is CC(C)OC(=O)c1cc(C(F)(F)F)ccc1O[C@H]1CCN(c2ccc(C#N)nn2)C(C)C1. The molecule has 3 rings (SSSR count). The molecule has 1 aromatic heterocycles. The minimum absolute atomic E-state index is 0.00324. The summed E-state index contributed by atoms with van der Waals surface area (Å²) in [5.74, 6) is -0.169. The number of carbonyl (C=O) groups is 1. The van der Waals surface area contributed by atoms with Crippen molar-refractivity contribution in [3.8, 4) is 11.8 Å². The second-order valence-corrected chi connectivity index (χ2v) is 7.86. The van der Waals surface area contributed by atoms with Gasteiger partial charge in [0.2, 0.25) is 0 Å². The number of esters is 1. The Hall–Kier alpha value is -3.35. The number of piperidine rings is 1. The average Bonchev–Trinajstić information content (AvgIpc) is 2.73. The van der Waals surface area contributed by atoms with Crippen LogP contribution in [0.5, 0.6) is 5.75 Å². The number of rotatable bonds is 5. The summed E-state index contributed by atoms with van der Waals surface area (Å²) in [6.07, 6.45) is -4.27. The highest BCUT2D eigenvalue weighted by Gasteiger charge is 2.34. The molecule has 2 aromatic rings. The number of nitrogens with zero attached hydrogens (tertiary/aromatic N) is 4. The van der Waals surface area contributed by atoms with E-state index in [9.17, 15) is 18.0 Å². The smallest absolute Gasteiger partial charge is 0.416 e. The zero-order valence-corrected chi connectivity index (χ0v) is 17.9. The third kappa shape index (κ3) is 5.46. The van der Waals surface area contributed by atoms with E-state index in [-0.39, 0.29) is 29.2 Å². The average molecular weight is 448 g/mol. The lowest BCUT2D eigenvalue weighted by molar-refractivity contribution is -0.137. The summed E-state index contributed by atoms with van der Waals surface area (Å²) in [7, 11) is 0. The Morgan fingerprint density at radius 3 is 2.56 bits per heavy atom. The molecule has 0 saturated carbocycles. The Labute approximate surface area is 183 Å². The Kier molecular flexibility index (Phi) is 6.87. The fourth-order valence-electron chi connectivity index (χ4n) is 3.54. The first-order valence-corrected chi connectivity index (χ1v) is 10.2. The zero-order chi connectivity index (χ0) is 23.5. The predicted molar refractivity (Wildman–Crippen MR) is 109 cm³/mol. The summed E-state index contributed by atoms with van der Waals surface area (Å²) in [5.41, 5.74) is -0.965. The van der Waals surface area contributed by atoms with Crippen molar-refractivity contribution < 1.29 is 27.4 Å². The van der Waals surface area contributed by atoms with E-state index in [1.807, 2.05) is 17.9 Å². The largest absolute Gasteiger partial charge is 0.489 e. The van der Waals surface area contributed by atoms with E-state index in [1.165, 1.54) is 6.07 Å². The molecule has 1 aliphatic heterocycles. The van der Waals surface area contributed by atoms with Crippen LogP contribution in [-0.2, 0) is 10.9 Å². The van der Waals surface area contributed by atoms with E-state index in [4.69, 9.17) is 14.7 Å². The number of ether oxygens (including phenoxy) is 2. The van der Waals surface area contributed by atoms with Gasteiger partial charge >= 0.3 is 12.1 Å². The van der Waals surface area contributed by atoms with Crippen LogP contribution in [0.15, 0.2) is 30.3 Å². The molecule has 2 heterocycles. The van der Waals surface area contributed by atoms with Crippen molar-refractivity contribution in [3.63, 3.8) is 0 Å². The molecular weight excluding hydrogens is 425 g/mol. The van der Waals surface area contributed by atoms with Gasteiger partial charge in [-0.2, -0.15) is 18.4 Å². The molecule has 0 aliphatic carbocycles. The number of anilines is 1. The number of alkyl halides is 3. The third-order valence-electron chi connectivity index (χ3n) is 5.05. The maximum atomic E-state index is 13.2. The summed E-state index contributed by atoms with van der Waals surface area (Å²) in [6.45, 7) is 5.78. The number of halogens is 3. The van der Waals surface area contributed by atoms with Gasteiger partial charge in [0, 0.05) is 25.4 Å². The predicted octanol–water partition coefficient (Wildman–Crippen LogP) is 4.37. The van der Waals surface area contributed by atoms with Gasteiger partial charge < -0.3 is 14.4 Å². The highest BCUT2D eigenvalue weighted by molar-refractivity contribution is 5.93. The van der Waals surface area contributed by atoms with Crippen LogP contribution in [0.3, 0.4) is 0 Å². The molecule has 1 aliphatic rings. The lowest BCUT2D eigenvalue weighted by Crippen LogP contribution is -2.45. The van der Waals surface area contributed by atoms with Crippen LogP contribution in [0.1, 0.15) is 55.2 Å². The molecule has 0 N–H and O–H groups in total. The molecule has 0 bridgehead atoms. The van der Waals surface area contributed by atoms with Gasteiger partial charge in [-0.1, -0.05) is 0 Å². The number of benzene rings is 1. The van der Waals surface area contributed by atoms with Crippen molar-refractivity contribution in [2.45, 2.75) is 58.0 Å². The molecule has 1 fully saturated rings. The lowest BCUT2D eigenvalue weighted by atomic mass is 10.00. The van der Waals surface area contributed by atoms with E-state index in [2.05, 4.69) is 10.2 Å². The van der Waals surface area contributed by atoms with Crippen LogP contribution in [0.25, 0.3) is 0 Å². The molecule has 7 nitrogen and oxygen atoms in total. The monoisotopic (exact) mass is 448 g/mol. The second kappa shape index (κ2) is 9.42. The third-order valence-corrected chi connectivity index (χ3v) is 5.05. The van der Waals surface area contributed by atoms with Crippen LogP contribution in [0.2, 0.25) is 0 Å². The van der Waals surface area contributed by atoms with Crippen molar-refractivity contribution >= 4 is 11.8 Å². The zero-order valence-electron chi connectivity index (χ0n) is 17.9. The molecule has 170 valence electrons. The molecule has 10 heteroatoms. The number of nitriles is 1. The quantitative estimate of drug-likeness (QED) is 0.628. The normalized spacial score (nSPS) is 18.9. The van der Waals surface area contributed by atoms with E-state index in [1.54, 1.807) is 26.0 Å². The number of aromatic nitrogens is 2. The molecule has 1 saturated heterocycles. The molecule has 0 spiro atoms. The Balaban J connectivity index is 1.76. The van der Waals surface area contributed by atoms with E-state index < -0.39 is 23.8 Å². The topological polar surface area (TPSA) is 88.3 Å². The minimum Gasteiger partial charge on any atom is -0.489 e. The lowest BCUT2D eigenvalue weighted by Gasteiger charge is -2.38. The number of carbonyl (C=O) groups excluding carboxylic acids is 1. The fourth-order valence-corrected chi connectivity index (χ4v) is 3.54. The van der Waals surface area contributed by atoms with Crippen LogP contribution in [0.4, 0.5) is 19.0 Å². The van der Waals surface area contributed by atoms with E-state index >= 15 is 0 Å². The first-order valence-electron chi connectivity index (χ1n) is 10.2. The first-order chi connectivity index (χ1) is 15.1. The fraction of sp³-hybridized carbons (Fsp3) is 0.455. The highest BCUT2D eigenvalue weighted by Crippen LogP contribution is 2.34. The van der Waals surface area contributed by atoms with Crippen molar-refractivity contribution in [3.05, 3.63) is 47.2 Å². The van der Waals surface area contributed by atoms with Crippen molar-refractivity contribution in [2.24, 2.45) is 0 Å². The summed E-state index contributed by atoms with van der Waals surface area (Å²) < 4.78 is 50.6.